The molecule has 2 N–H and O–H groups in total. The molecular formula is C39H50FN5O5S. The maximum atomic E-state index is 14.6. The van der Waals surface area contributed by atoms with Crippen LogP contribution in [0.1, 0.15) is 63.4 Å². The first-order valence-corrected chi connectivity index (χ1v) is 19.9. The van der Waals surface area contributed by atoms with Crippen LogP contribution in [0.4, 0.5) is 14.9 Å². The molecule has 0 spiro atoms. The molecule has 0 radical (unpaired) electrons. The maximum Gasteiger partial charge on any atom is 0.407 e. The molecule has 274 valence electrons. The maximum absolute atomic E-state index is 14.6. The number of benzene rings is 2. The highest BCUT2D eigenvalue weighted by Crippen LogP contribution is 2.50. The summed E-state index contributed by atoms with van der Waals surface area (Å²) in [4.78, 5) is 28.9. The van der Waals surface area contributed by atoms with Crippen molar-refractivity contribution < 1.29 is 27.1 Å². The Morgan fingerprint density at radius 2 is 1.73 bits per heavy atom. The molecular weight excluding hydrogens is 670 g/mol. The van der Waals surface area contributed by atoms with Crippen molar-refractivity contribution in [3.05, 3.63) is 72.6 Å². The third-order valence-corrected chi connectivity index (χ3v) is 14.2. The van der Waals surface area contributed by atoms with Crippen LogP contribution in [-0.4, -0.2) is 82.5 Å². The highest BCUT2D eigenvalue weighted by atomic mass is 32.2. The summed E-state index contributed by atoms with van der Waals surface area (Å²) < 4.78 is 46.3. The van der Waals surface area contributed by atoms with Gasteiger partial charge in [0.25, 0.3) is 0 Å². The zero-order chi connectivity index (χ0) is 36.2. The summed E-state index contributed by atoms with van der Waals surface area (Å²) >= 11 is 0. The van der Waals surface area contributed by atoms with E-state index in [4.69, 9.17) is 4.74 Å². The molecule has 2 saturated carbocycles. The van der Waals surface area contributed by atoms with Crippen molar-refractivity contribution >= 4 is 27.5 Å². The van der Waals surface area contributed by atoms with E-state index in [0.29, 0.717) is 42.1 Å². The normalized spacial score (nSPS) is 25.9. The van der Waals surface area contributed by atoms with Gasteiger partial charge in [-0.3, -0.25) is 4.79 Å². The largest absolute Gasteiger partial charge is 0.453 e. The molecule has 0 unspecified atom stereocenters. The van der Waals surface area contributed by atoms with Crippen molar-refractivity contribution in [3.63, 3.8) is 0 Å². The minimum absolute atomic E-state index is 0.0112. The van der Waals surface area contributed by atoms with Gasteiger partial charge in [0.1, 0.15) is 5.82 Å². The van der Waals surface area contributed by atoms with Gasteiger partial charge in [-0.1, -0.05) is 25.1 Å². The molecule has 2 amide bonds. The fourth-order valence-corrected chi connectivity index (χ4v) is 11.1. The molecule has 10 nitrogen and oxygen atoms in total. The Bertz CT molecular complexity index is 1710. The molecule has 6 rings (SSSR count). The van der Waals surface area contributed by atoms with E-state index in [0.717, 1.165) is 70.5 Å². The standard InChI is InChI=1S/C39H50FN5O5S/c1-3-37(46)42-31-10-14-33(15-11-31)51(48,49)34-16-12-32(13-17-34)45-24-27(25-45)23-44-20-18-28(19-21-44)39(26-41,29-6-4-7-30(40)22-29)35-8-5-9-36(35)43-38(47)50-2/h3-4,6-7,12-13,16-17,22,27-28,31,33,35-36H,1,5,8-11,14-15,18-21,23-25H2,2H3,(H,42,46)(H,43,47)/t31?,33?,35-,36-,39-/m0/s1. The summed E-state index contributed by atoms with van der Waals surface area (Å²) in [6, 6.07) is 16.2. The zero-order valence-corrected chi connectivity index (χ0v) is 30.3. The van der Waals surface area contributed by atoms with Crippen LogP contribution in [0.15, 0.2) is 66.1 Å². The summed E-state index contributed by atoms with van der Waals surface area (Å²) in [5.41, 5.74) is 0.786. The van der Waals surface area contributed by atoms with E-state index < -0.39 is 26.6 Å². The summed E-state index contributed by atoms with van der Waals surface area (Å²) in [5.74, 6) is -0.228. The molecule has 2 heterocycles. The molecule has 0 aromatic heterocycles. The number of hydrogen-bond acceptors (Lipinski definition) is 8. The number of hydrogen-bond donors (Lipinski definition) is 2. The molecule has 2 aromatic rings. The second-order valence-corrected chi connectivity index (χ2v) is 17.1. The van der Waals surface area contributed by atoms with Gasteiger partial charge in [0, 0.05) is 49.2 Å². The van der Waals surface area contributed by atoms with E-state index >= 15 is 0 Å². The number of piperidine rings is 1. The van der Waals surface area contributed by atoms with Crippen molar-refractivity contribution in [2.75, 3.05) is 44.7 Å². The number of amides is 2. The fraction of sp³-hybridized carbons (Fsp3) is 0.564. The smallest absolute Gasteiger partial charge is 0.407 e. The molecule has 2 aliphatic heterocycles. The van der Waals surface area contributed by atoms with Crippen LogP contribution in [0.25, 0.3) is 0 Å². The quantitative estimate of drug-likeness (QED) is 0.298. The fourth-order valence-electron chi connectivity index (χ4n) is 9.27. The van der Waals surface area contributed by atoms with Crippen LogP contribution in [-0.2, 0) is 24.8 Å². The number of nitrogens with one attached hydrogen (secondary N) is 2. The van der Waals surface area contributed by atoms with Crippen molar-refractivity contribution in [2.45, 2.75) is 85.4 Å². The van der Waals surface area contributed by atoms with Crippen LogP contribution in [0.5, 0.6) is 0 Å². The lowest BCUT2D eigenvalue weighted by Gasteiger charge is -2.48. The zero-order valence-electron chi connectivity index (χ0n) is 29.4. The minimum Gasteiger partial charge on any atom is -0.453 e. The van der Waals surface area contributed by atoms with Gasteiger partial charge in [-0.2, -0.15) is 5.26 Å². The highest BCUT2D eigenvalue weighted by Gasteiger charge is 2.53. The van der Waals surface area contributed by atoms with Crippen LogP contribution in [0, 0.1) is 34.9 Å². The van der Waals surface area contributed by atoms with E-state index in [2.05, 4.69) is 33.1 Å². The molecule has 2 aromatic carbocycles. The first-order chi connectivity index (χ1) is 24.6. The number of carbonyl (C=O) groups is 2. The lowest BCUT2D eigenvalue weighted by molar-refractivity contribution is -0.117. The Balaban J connectivity index is 1.03. The van der Waals surface area contributed by atoms with E-state index in [9.17, 15) is 27.7 Å². The second kappa shape index (κ2) is 15.7. The van der Waals surface area contributed by atoms with Crippen molar-refractivity contribution in [1.29, 1.82) is 5.26 Å². The van der Waals surface area contributed by atoms with Crippen molar-refractivity contribution in [1.82, 2.24) is 15.5 Å². The monoisotopic (exact) mass is 719 g/mol. The molecule has 3 atom stereocenters. The number of ether oxygens (including phenoxy) is 1. The number of nitriles is 1. The number of carbonyl (C=O) groups excluding carboxylic acids is 2. The number of halogens is 1. The Morgan fingerprint density at radius 1 is 1.02 bits per heavy atom. The molecule has 12 heteroatoms. The van der Waals surface area contributed by atoms with Gasteiger partial charge in [-0.05, 0) is 118 Å². The molecule has 4 fully saturated rings. The number of likely N-dealkylation sites (tertiary alicyclic amines) is 1. The highest BCUT2D eigenvalue weighted by molar-refractivity contribution is 7.92. The van der Waals surface area contributed by atoms with E-state index in [1.807, 2.05) is 18.2 Å². The number of nitrogens with zero attached hydrogens (tertiary/aromatic N) is 3. The summed E-state index contributed by atoms with van der Waals surface area (Å²) in [5, 5.41) is 16.3. The lowest BCUT2D eigenvalue weighted by atomic mass is 9.59. The summed E-state index contributed by atoms with van der Waals surface area (Å²) in [7, 11) is -2.11. The number of methoxy groups -OCH3 is 1. The van der Waals surface area contributed by atoms with Crippen molar-refractivity contribution in [3.8, 4) is 6.07 Å². The average Bonchev–Trinajstić information content (AvgIpc) is 3.59. The third kappa shape index (κ3) is 7.80. The van der Waals surface area contributed by atoms with Gasteiger partial charge in [-0.25, -0.2) is 17.6 Å². The molecule has 2 aliphatic carbocycles. The lowest BCUT2D eigenvalue weighted by Crippen LogP contribution is -2.55. The van der Waals surface area contributed by atoms with Crippen LogP contribution >= 0.6 is 0 Å². The minimum atomic E-state index is -3.45. The van der Waals surface area contributed by atoms with Gasteiger partial charge in [-0.15, -0.1) is 0 Å². The Morgan fingerprint density at radius 3 is 2.35 bits per heavy atom. The Labute approximate surface area is 301 Å². The Kier molecular flexibility index (Phi) is 11.4. The average molecular weight is 720 g/mol. The first kappa shape index (κ1) is 36.8. The number of rotatable bonds is 11. The van der Waals surface area contributed by atoms with E-state index in [-0.39, 0.29) is 35.6 Å². The SMILES string of the molecule is C=CC(=O)NC1CCC(S(=O)(=O)c2ccc(N3CC(CN4CCC([C@@](C#N)(c5cccc(F)c5)[C@H]5CCC[C@@H]5NC(=O)OC)CC4)C3)cc2)CC1. The summed E-state index contributed by atoms with van der Waals surface area (Å²) in [6.07, 6.45) is 7.09. The van der Waals surface area contributed by atoms with Gasteiger partial charge < -0.3 is 25.2 Å². The molecule has 4 aliphatic rings. The van der Waals surface area contributed by atoms with Gasteiger partial charge >= 0.3 is 6.09 Å². The predicted octanol–water partition coefficient (Wildman–Crippen LogP) is 5.35. The van der Waals surface area contributed by atoms with Gasteiger partial charge in [0.2, 0.25) is 5.91 Å². The van der Waals surface area contributed by atoms with E-state index in [1.54, 1.807) is 18.2 Å². The van der Waals surface area contributed by atoms with Crippen molar-refractivity contribution in [2.24, 2.45) is 17.8 Å². The van der Waals surface area contributed by atoms with Crippen LogP contribution < -0.4 is 15.5 Å². The number of alkyl carbamates (subject to hydrolysis) is 1. The third-order valence-electron chi connectivity index (χ3n) is 12.0. The topological polar surface area (TPSA) is 132 Å². The predicted molar refractivity (Wildman–Crippen MR) is 193 cm³/mol. The molecule has 0 bridgehead atoms. The van der Waals surface area contributed by atoms with Crippen LogP contribution in [0.3, 0.4) is 0 Å². The van der Waals surface area contributed by atoms with Gasteiger partial charge in [0.05, 0.1) is 28.7 Å². The molecule has 51 heavy (non-hydrogen) atoms. The number of sulfone groups is 1. The molecule has 2 saturated heterocycles. The Hall–Kier alpha value is -3.95. The van der Waals surface area contributed by atoms with E-state index in [1.165, 1.54) is 25.3 Å². The summed E-state index contributed by atoms with van der Waals surface area (Å²) in [6.45, 7) is 7.89. The van der Waals surface area contributed by atoms with Gasteiger partial charge in [0.15, 0.2) is 9.84 Å². The number of anilines is 1. The first-order valence-electron chi connectivity index (χ1n) is 18.3. The second-order valence-electron chi connectivity index (χ2n) is 14.8. The van der Waals surface area contributed by atoms with Crippen LogP contribution in [0.2, 0.25) is 0 Å².